The van der Waals surface area contributed by atoms with Crippen LogP contribution in [0.3, 0.4) is 0 Å². The van der Waals surface area contributed by atoms with E-state index in [-0.39, 0.29) is 18.0 Å². The molecule has 3 aromatic rings. The van der Waals surface area contributed by atoms with E-state index in [0.29, 0.717) is 18.7 Å². The van der Waals surface area contributed by atoms with E-state index in [1.54, 1.807) is 6.20 Å². The summed E-state index contributed by atoms with van der Waals surface area (Å²) >= 11 is 0. The Morgan fingerprint density at radius 1 is 1.09 bits per heavy atom. The number of carbonyl (C=O) groups is 1. The smallest absolute Gasteiger partial charge is 0.319 e. The van der Waals surface area contributed by atoms with Gasteiger partial charge in [-0.05, 0) is 74.8 Å². The second-order valence-electron chi connectivity index (χ2n) is 9.83. The first-order valence-corrected chi connectivity index (χ1v) is 12.8. The summed E-state index contributed by atoms with van der Waals surface area (Å²) in [5, 5.41) is 10.0. The molecule has 182 valence electrons. The van der Waals surface area contributed by atoms with Crippen LogP contribution in [-0.2, 0) is 0 Å². The Morgan fingerprint density at radius 3 is 2.51 bits per heavy atom. The summed E-state index contributed by atoms with van der Waals surface area (Å²) in [4.78, 5) is 14.9. The first kappa shape index (κ1) is 22.0. The molecule has 0 saturated heterocycles. The molecule has 2 unspecified atom stereocenters. The molecule has 3 aliphatic rings. The molecule has 0 radical (unpaired) electrons. The maximum Gasteiger partial charge on any atom is 0.319 e. The fourth-order valence-corrected chi connectivity index (χ4v) is 5.55. The molecule has 2 N–H and O–H groups in total. The van der Waals surface area contributed by atoms with Gasteiger partial charge in [0.05, 0.1) is 24.8 Å². The van der Waals surface area contributed by atoms with Gasteiger partial charge >= 0.3 is 6.03 Å². The normalized spacial score (nSPS) is 21.7. The summed E-state index contributed by atoms with van der Waals surface area (Å²) in [6.45, 7) is 2.65. The fraction of sp³-hybridized carbons (Fsp3) is 0.429. The van der Waals surface area contributed by atoms with Crippen LogP contribution in [-0.4, -0.2) is 29.9 Å². The summed E-state index contributed by atoms with van der Waals surface area (Å²) in [5.41, 5.74) is 4.45. The summed E-state index contributed by atoms with van der Waals surface area (Å²) in [6.07, 6.45) is 8.66. The molecular formula is C28H32N4O3. The predicted octanol–water partition coefficient (Wildman–Crippen LogP) is 5.99. The number of hydrogen-bond acceptors (Lipinski definition) is 5. The van der Waals surface area contributed by atoms with Crippen molar-refractivity contribution in [2.24, 2.45) is 0 Å². The van der Waals surface area contributed by atoms with Gasteiger partial charge in [-0.15, -0.1) is 0 Å². The quantitative estimate of drug-likeness (QED) is 0.441. The Hall–Kier alpha value is -3.48. The zero-order valence-corrected chi connectivity index (χ0v) is 20.1. The van der Waals surface area contributed by atoms with Gasteiger partial charge in [0.1, 0.15) is 11.5 Å². The van der Waals surface area contributed by atoms with E-state index in [0.717, 1.165) is 30.0 Å². The number of benzene rings is 2. The van der Waals surface area contributed by atoms with Crippen LogP contribution in [0.4, 0.5) is 16.2 Å². The Kier molecular flexibility index (Phi) is 5.84. The van der Waals surface area contributed by atoms with Crippen molar-refractivity contribution in [1.29, 1.82) is 0 Å². The maximum absolute atomic E-state index is 12.3. The highest BCUT2D eigenvalue weighted by molar-refractivity contribution is 5.89. The molecule has 2 aliphatic carbocycles. The third kappa shape index (κ3) is 4.13. The molecular weight excluding hydrogens is 440 g/mol. The van der Waals surface area contributed by atoms with Gasteiger partial charge in [-0.3, -0.25) is 0 Å². The van der Waals surface area contributed by atoms with Crippen molar-refractivity contribution in [3.05, 3.63) is 71.6 Å². The van der Waals surface area contributed by atoms with E-state index in [9.17, 15) is 4.79 Å². The van der Waals surface area contributed by atoms with E-state index < -0.39 is 0 Å². The average Bonchev–Trinajstić information content (AvgIpc) is 3.43. The lowest BCUT2D eigenvalue weighted by molar-refractivity contribution is 0.240. The molecule has 7 nitrogen and oxygen atoms in total. The molecule has 2 heterocycles. The zero-order valence-electron chi connectivity index (χ0n) is 20.1. The van der Waals surface area contributed by atoms with Crippen molar-refractivity contribution in [1.82, 2.24) is 10.5 Å². The van der Waals surface area contributed by atoms with Gasteiger partial charge in [-0.2, -0.15) is 0 Å². The second kappa shape index (κ2) is 9.29. The number of amides is 2. The number of ether oxygens (including phenoxy) is 1. The fourth-order valence-electron chi connectivity index (χ4n) is 5.55. The number of nitrogens with zero attached hydrogens (tertiary/aromatic N) is 2. The number of nitrogens with one attached hydrogen (secondary N) is 2. The zero-order chi connectivity index (χ0) is 23.8. The molecule has 2 aromatic carbocycles. The summed E-state index contributed by atoms with van der Waals surface area (Å²) in [6, 6.07) is 17.4. The molecule has 35 heavy (non-hydrogen) atoms. The number of aromatic nitrogens is 1. The minimum absolute atomic E-state index is 0.0319. The van der Waals surface area contributed by atoms with E-state index in [1.165, 1.54) is 42.5 Å². The molecule has 7 heteroatoms. The third-order valence-electron chi connectivity index (χ3n) is 7.72. The van der Waals surface area contributed by atoms with Crippen LogP contribution in [0.15, 0.2) is 59.3 Å². The lowest BCUT2D eigenvalue weighted by Crippen LogP contribution is -2.42. The molecule has 0 spiro atoms. The second-order valence-corrected chi connectivity index (χ2v) is 9.83. The van der Waals surface area contributed by atoms with E-state index in [1.807, 2.05) is 25.1 Å². The van der Waals surface area contributed by atoms with Gasteiger partial charge in [0.2, 0.25) is 0 Å². The average molecular weight is 473 g/mol. The minimum Gasteiger partial charge on any atom is -0.494 e. The van der Waals surface area contributed by atoms with Crippen LogP contribution in [0, 0.1) is 0 Å². The Bertz CT molecular complexity index is 1170. The highest BCUT2D eigenvalue weighted by atomic mass is 16.5. The van der Waals surface area contributed by atoms with Crippen LogP contribution in [0.25, 0.3) is 0 Å². The Labute approximate surface area is 205 Å². The number of carbonyl (C=O) groups excluding carboxylic acids is 1. The van der Waals surface area contributed by atoms with Crippen molar-refractivity contribution >= 4 is 17.4 Å². The minimum atomic E-state index is -0.130. The Balaban J connectivity index is 1.33. The van der Waals surface area contributed by atoms with Crippen molar-refractivity contribution < 1.29 is 14.1 Å². The van der Waals surface area contributed by atoms with Crippen LogP contribution in [0.5, 0.6) is 5.75 Å². The van der Waals surface area contributed by atoms with Crippen molar-refractivity contribution in [3.63, 3.8) is 0 Å². The molecule has 2 fully saturated rings. The maximum atomic E-state index is 12.3. The van der Waals surface area contributed by atoms with Crippen LogP contribution in [0.2, 0.25) is 0 Å². The summed E-state index contributed by atoms with van der Waals surface area (Å²) < 4.78 is 11.6. The van der Waals surface area contributed by atoms with Crippen molar-refractivity contribution in [2.75, 3.05) is 16.8 Å². The molecule has 1 aromatic heterocycles. The van der Waals surface area contributed by atoms with Crippen molar-refractivity contribution in [3.8, 4) is 5.75 Å². The SMILES string of the molecule is CCOc1ccc2c(c1)N(C1CCC1)C(c1ccc(NC(=O)NC3CCC3)cc1)C2c1ccno1. The molecule has 2 saturated carbocycles. The van der Waals surface area contributed by atoms with Gasteiger partial charge in [-0.1, -0.05) is 23.4 Å². The lowest BCUT2D eigenvalue weighted by atomic mass is 9.85. The highest BCUT2D eigenvalue weighted by Gasteiger charge is 2.46. The number of anilines is 2. The largest absolute Gasteiger partial charge is 0.494 e. The topological polar surface area (TPSA) is 79.6 Å². The molecule has 2 amide bonds. The van der Waals surface area contributed by atoms with E-state index >= 15 is 0 Å². The molecule has 6 rings (SSSR count). The van der Waals surface area contributed by atoms with E-state index in [2.05, 4.69) is 51.0 Å². The number of rotatable bonds is 7. The summed E-state index contributed by atoms with van der Waals surface area (Å²) in [5.74, 6) is 1.79. The first-order valence-electron chi connectivity index (χ1n) is 12.8. The first-order chi connectivity index (χ1) is 17.2. The standard InChI is InChI=1S/C28H32N4O3/c1-2-34-22-13-14-23-24(17-22)32(21-7-4-8-21)27(26(23)25-15-16-29-35-25)18-9-11-20(12-10-18)31-28(33)30-19-5-3-6-19/h9-17,19,21,26-27H,2-8H2,1H3,(H2,30,31,33). The monoisotopic (exact) mass is 472 g/mol. The number of hydrogen-bond donors (Lipinski definition) is 2. The van der Waals surface area contributed by atoms with Gasteiger partial charge in [0, 0.05) is 35.6 Å². The summed E-state index contributed by atoms with van der Waals surface area (Å²) in [7, 11) is 0. The molecule has 2 atom stereocenters. The lowest BCUT2D eigenvalue weighted by Gasteiger charge is -2.42. The van der Waals surface area contributed by atoms with Gasteiger partial charge in [0.25, 0.3) is 0 Å². The van der Waals surface area contributed by atoms with Gasteiger partial charge < -0.3 is 24.8 Å². The van der Waals surface area contributed by atoms with Crippen LogP contribution in [0.1, 0.15) is 74.3 Å². The molecule has 1 aliphatic heterocycles. The van der Waals surface area contributed by atoms with E-state index in [4.69, 9.17) is 9.26 Å². The third-order valence-corrected chi connectivity index (χ3v) is 7.72. The van der Waals surface area contributed by atoms with Crippen molar-refractivity contribution in [2.45, 2.75) is 69.5 Å². The van der Waals surface area contributed by atoms with Crippen LogP contribution >= 0.6 is 0 Å². The number of fused-ring (bicyclic) bond motifs is 1. The highest BCUT2D eigenvalue weighted by Crippen LogP contribution is 2.55. The van der Waals surface area contributed by atoms with Gasteiger partial charge in [-0.25, -0.2) is 4.79 Å². The molecule has 0 bridgehead atoms. The van der Waals surface area contributed by atoms with Gasteiger partial charge in [0.15, 0.2) is 0 Å². The number of urea groups is 1. The predicted molar refractivity (Wildman–Crippen MR) is 135 cm³/mol. The van der Waals surface area contributed by atoms with Crippen LogP contribution < -0.4 is 20.3 Å². The Morgan fingerprint density at radius 2 is 1.89 bits per heavy atom.